The number of hydrogen-bond acceptors (Lipinski definition) is 2. The van der Waals surface area contributed by atoms with Gasteiger partial charge in [0, 0.05) is 25.6 Å². The number of halogens is 2. The molecule has 1 aromatic rings. The van der Waals surface area contributed by atoms with E-state index < -0.39 is 17.6 Å². The van der Waals surface area contributed by atoms with Crippen LogP contribution >= 0.6 is 0 Å². The Kier molecular flexibility index (Phi) is 4.88. The molecule has 0 aromatic heterocycles. The molecular weight excluding hydrogens is 280 g/mol. The molecule has 4 nitrogen and oxygen atoms in total. The van der Waals surface area contributed by atoms with Crippen LogP contribution in [-0.4, -0.2) is 35.0 Å². The lowest BCUT2D eigenvalue weighted by Gasteiger charge is -2.16. The lowest BCUT2D eigenvalue weighted by Crippen LogP contribution is -2.29. The van der Waals surface area contributed by atoms with Gasteiger partial charge in [-0.2, -0.15) is 0 Å². The first kappa shape index (κ1) is 15.4. The zero-order valence-corrected chi connectivity index (χ0v) is 11.5. The molecule has 1 saturated heterocycles. The first-order chi connectivity index (χ1) is 9.94. The molecule has 1 N–H and O–H groups in total. The fourth-order valence-electron chi connectivity index (χ4n) is 2.66. The summed E-state index contributed by atoms with van der Waals surface area (Å²) in [6.45, 7) is 1.08. The van der Waals surface area contributed by atoms with Gasteiger partial charge in [0.1, 0.15) is 11.6 Å². The monoisotopic (exact) mass is 297 g/mol. The Morgan fingerprint density at radius 1 is 1.19 bits per heavy atom. The van der Waals surface area contributed by atoms with E-state index in [9.17, 15) is 18.4 Å². The molecule has 1 aliphatic rings. The molecule has 1 amide bonds. The summed E-state index contributed by atoms with van der Waals surface area (Å²) in [6, 6.07) is 3.44. The van der Waals surface area contributed by atoms with Crippen molar-refractivity contribution in [2.45, 2.75) is 25.7 Å². The zero-order valence-electron chi connectivity index (χ0n) is 11.5. The van der Waals surface area contributed by atoms with E-state index in [0.717, 1.165) is 12.5 Å². The number of likely N-dealkylation sites (tertiary alicyclic amines) is 1. The van der Waals surface area contributed by atoms with Crippen LogP contribution in [0.15, 0.2) is 18.2 Å². The van der Waals surface area contributed by atoms with Crippen LogP contribution in [0.2, 0.25) is 0 Å². The van der Waals surface area contributed by atoms with Gasteiger partial charge in [0.25, 0.3) is 0 Å². The van der Waals surface area contributed by atoms with Crippen LogP contribution in [0.3, 0.4) is 0 Å². The highest BCUT2D eigenvalue weighted by Gasteiger charge is 2.26. The molecule has 114 valence electrons. The summed E-state index contributed by atoms with van der Waals surface area (Å²) in [7, 11) is 0. The van der Waals surface area contributed by atoms with Crippen molar-refractivity contribution >= 4 is 11.9 Å². The highest BCUT2D eigenvalue weighted by atomic mass is 19.1. The third kappa shape index (κ3) is 4.51. The normalized spacial score (nSPS) is 18.0. The van der Waals surface area contributed by atoms with Gasteiger partial charge >= 0.3 is 5.97 Å². The predicted molar refractivity (Wildman–Crippen MR) is 71.6 cm³/mol. The second kappa shape index (κ2) is 6.65. The summed E-state index contributed by atoms with van der Waals surface area (Å²) >= 11 is 0. The van der Waals surface area contributed by atoms with Gasteiger partial charge in [-0.15, -0.1) is 0 Å². The maximum atomic E-state index is 13.1. The first-order valence-corrected chi connectivity index (χ1v) is 6.88. The van der Waals surface area contributed by atoms with E-state index in [1.165, 1.54) is 12.1 Å². The molecule has 1 heterocycles. The molecule has 1 unspecified atom stereocenters. The number of amides is 1. The predicted octanol–water partition coefficient (Wildman–Crippen LogP) is 2.22. The Bertz CT molecular complexity index is 527. The third-order valence-corrected chi connectivity index (χ3v) is 3.64. The summed E-state index contributed by atoms with van der Waals surface area (Å²) in [6.07, 6.45) is 1.10. The van der Waals surface area contributed by atoms with E-state index in [1.807, 2.05) is 0 Å². The van der Waals surface area contributed by atoms with Crippen molar-refractivity contribution in [3.05, 3.63) is 35.4 Å². The summed E-state index contributed by atoms with van der Waals surface area (Å²) in [5.41, 5.74) is 0.581. The quantitative estimate of drug-likeness (QED) is 0.906. The molecule has 0 radical (unpaired) electrons. The van der Waals surface area contributed by atoms with E-state index in [4.69, 9.17) is 5.11 Å². The van der Waals surface area contributed by atoms with Crippen molar-refractivity contribution in [2.24, 2.45) is 5.92 Å². The van der Waals surface area contributed by atoms with Gasteiger partial charge in [0.05, 0.1) is 6.42 Å². The smallest absolute Gasteiger partial charge is 0.303 e. The van der Waals surface area contributed by atoms with Crippen molar-refractivity contribution in [3.63, 3.8) is 0 Å². The molecule has 0 aliphatic carbocycles. The fourth-order valence-corrected chi connectivity index (χ4v) is 2.66. The maximum Gasteiger partial charge on any atom is 0.303 e. The van der Waals surface area contributed by atoms with E-state index in [0.29, 0.717) is 25.1 Å². The van der Waals surface area contributed by atoms with Gasteiger partial charge in [-0.25, -0.2) is 8.78 Å². The minimum atomic E-state index is -0.991. The van der Waals surface area contributed by atoms with Crippen molar-refractivity contribution in [1.29, 1.82) is 0 Å². The lowest BCUT2D eigenvalue weighted by molar-refractivity contribution is -0.140. The number of benzene rings is 1. The van der Waals surface area contributed by atoms with Crippen LogP contribution in [0.4, 0.5) is 8.78 Å². The maximum absolute atomic E-state index is 13.1. The van der Waals surface area contributed by atoms with Gasteiger partial charge in [-0.1, -0.05) is 0 Å². The Hall–Kier alpha value is -1.98. The van der Waals surface area contributed by atoms with Crippen LogP contribution in [0.25, 0.3) is 0 Å². The average molecular weight is 297 g/mol. The Labute approximate surface area is 121 Å². The fraction of sp³-hybridized carbons (Fsp3) is 0.467. The molecule has 1 aromatic carbocycles. The molecular formula is C15H17F2NO3. The molecule has 21 heavy (non-hydrogen) atoms. The Morgan fingerprint density at radius 2 is 1.86 bits per heavy atom. The molecule has 2 rings (SSSR count). The highest BCUT2D eigenvalue weighted by Crippen LogP contribution is 2.22. The molecule has 1 atom stereocenters. The standard InChI is InChI=1S/C15H17F2NO3/c16-12-6-11(7-13(17)8-12)5-10-3-4-18(9-10)14(19)1-2-15(20)21/h6-8,10H,1-5,9H2,(H,20,21). The largest absolute Gasteiger partial charge is 0.481 e. The van der Waals surface area contributed by atoms with E-state index in [1.54, 1.807) is 4.90 Å². The molecule has 0 bridgehead atoms. The van der Waals surface area contributed by atoms with Gasteiger partial charge in [0.2, 0.25) is 5.91 Å². The number of aliphatic carboxylic acids is 1. The van der Waals surface area contributed by atoms with E-state index >= 15 is 0 Å². The number of carboxylic acid groups (broad SMARTS) is 1. The second-order valence-electron chi connectivity index (χ2n) is 5.37. The highest BCUT2D eigenvalue weighted by molar-refractivity contribution is 5.80. The summed E-state index contributed by atoms with van der Waals surface area (Å²) < 4.78 is 26.2. The summed E-state index contributed by atoms with van der Waals surface area (Å²) in [5.74, 6) is -2.21. The first-order valence-electron chi connectivity index (χ1n) is 6.88. The number of carbonyl (C=O) groups is 2. The Morgan fingerprint density at radius 3 is 2.48 bits per heavy atom. The van der Waals surface area contributed by atoms with Gasteiger partial charge < -0.3 is 10.0 Å². The number of nitrogens with zero attached hydrogens (tertiary/aromatic N) is 1. The van der Waals surface area contributed by atoms with Gasteiger partial charge in [-0.05, 0) is 36.5 Å². The lowest BCUT2D eigenvalue weighted by atomic mass is 9.98. The van der Waals surface area contributed by atoms with Crippen molar-refractivity contribution < 1.29 is 23.5 Å². The molecule has 0 spiro atoms. The minimum Gasteiger partial charge on any atom is -0.481 e. The molecule has 6 heteroatoms. The SMILES string of the molecule is O=C(O)CCC(=O)N1CCC(Cc2cc(F)cc(F)c2)C1. The van der Waals surface area contributed by atoms with Crippen LogP contribution < -0.4 is 0 Å². The van der Waals surface area contributed by atoms with Crippen LogP contribution in [-0.2, 0) is 16.0 Å². The number of carboxylic acids is 1. The van der Waals surface area contributed by atoms with Crippen LogP contribution in [0.1, 0.15) is 24.8 Å². The molecule has 1 aliphatic heterocycles. The number of hydrogen-bond donors (Lipinski definition) is 1. The summed E-state index contributed by atoms with van der Waals surface area (Å²) in [5, 5.41) is 8.56. The average Bonchev–Trinajstić information content (AvgIpc) is 2.83. The second-order valence-corrected chi connectivity index (χ2v) is 5.37. The van der Waals surface area contributed by atoms with E-state index in [-0.39, 0.29) is 24.7 Å². The minimum absolute atomic E-state index is 0.00333. The van der Waals surface area contributed by atoms with Crippen molar-refractivity contribution in [3.8, 4) is 0 Å². The van der Waals surface area contributed by atoms with Crippen LogP contribution in [0.5, 0.6) is 0 Å². The number of rotatable bonds is 5. The zero-order chi connectivity index (χ0) is 15.4. The third-order valence-electron chi connectivity index (χ3n) is 3.64. The Balaban J connectivity index is 1.87. The molecule has 0 saturated carbocycles. The van der Waals surface area contributed by atoms with Gasteiger partial charge in [-0.3, -0.25) is 9.59 Å². The molecule has 1 fully saturated rings. The van der Waals surface area contributed by atoms with Crippen LogP contribution in [0, 0.1) is 17.6 Å². The number of carbonyl (C=O) groups excluding carboxylic acids is 1. The van der Waals surface area contributed by atoms with E-state index in [2.05, 4.69) is 0 Å². The van der Waals surface area contributed by atoms with Gasteiger partial charge in [0.15, 0.2) is 0 Å². The summed E-state index contributed by atoms with van der Waals surface area (Å²) in [4.78, 5) is 23.9. The van der Waals surface area contributed by atoms with Crippen molar-refractivity contribution in [1.82, 2.24) is 4.90 Å². The topological polar surface area (TPSA) is 57.6 Å². The van der Waals surface area contributed by atoms with Crippen molar-refractivity contribution in [2.75, 3.05) is 13.1 Å².